The average molecular weight is 383 g/mol. The predicted octanol–water partition coefficient (Wildman–Crippen LogP) is 3.38. The molecule has 0 radical (unpaired) electrons. The van der Waals surface area contributed by atoms with E-state index in [0.29, 0.717) is 10.6 Å². The van der Waals surface area contributed by atoms with Gasteiger partial charge in [0.15, 0.2) is 0 Å². The molecule has 0 aliphatic heterocycles. The molecule has 0 heterocycles. The molecule has 0 spiro atoms. The normalized spacial score (nSPS) is 10.5. The van der Waals surface area contributed by atoms with Crippen molar-refractivity contribution in [2.45, 2.75) is 19.6 Å². The fraction of sp³-hybridized carbons (Fsp3) is 0.222. The number of rotatable bonds is 8. The van der Waals surface area contributed by atoms with Crippen LogP contribution in [0.2, 0.25) is 5.02 Å². The lowest BCUT2D eigenvalue weighted by Gasteiger charge is -2.08. The Morgan fingerprint density at radius 2 is 1.65 bits per heavy atom. The van der Waals surface area contributed by atoms with Gasteiger partial charge in [-0.3, -0.25) is 9.59 Å². The van der Waals surface area contributed by atoms with Crippen LogP contribution in [0.25, 0.3) is 0 Å². The number of amides is 2. The van der Waals surface area contributed by atoms with E-state index < -0.39 is 6.61 Å². The van der Waals surface area contributed by atoms with E-state index in [9.17, 15) is 18.4 Å². The molecule has 0 atom stereocenters. The lowest BCUT2D eigenvalue weighted by molar-refractivity contribution is -0.121. The number of benzene rings is 2. The first-order valence-electron chi connectivity index (χ1n) is 7.78. The van der Waals surface area contributed by atoms with Gasteiger partial charge in [0.05, 0.1) is 0 Å². The quantitative estimate of drug-likeness (QED) is 0.735. The number of hydrogen-bond donors (Lipinski definition) is 2. The molecule has 2 aromatic carbocycles. The van der Waals surface area contributed by atoms with E-state index in [0.717, 1.165) is 5.56 Å². The van der Waals surface area contributed by atoms with Crippen molar-refractivity contribution in [3.63, 3.8) is 0 Å². The second kappa shape index (κ2) is 9.72. The van der Waals surface area contributed by atoms with E-state index >= 15 is 0 Å². The Kier molecular flexibility index (Phi) is 7.35. The Hall–Kier alpha value is -2.67. The number of halogens is 3. The van der Waals surface area contributed by atoms with Crippen molar-refractivity contribution in [1.82, 2.24) is 10.6 Å². The Labute approximate surface area is 154 Å². The Morgan fingerprint density at radius 1 is 1.00 bits per heavy atom. The van der Waals surface area contributed by atoms with Crippen LogP contribution < -0.4 is 15.4 Å². The van der Waals surface area contributed by atoms with Gasteiger partial charge in [0.25, 0.3) is 5.91 Å². The third-order valence-corrected chi connectivity index (χ3v) is 3.63. The third kappa shape index (κ3) is 6.68. The number of nitrogens with one attached hydrogen (secondary N) is 2. The van der Waals surface area contributed by atoms with Crippen LogP contribution in [0.5, 0.6) is 5.75 Å². The van der Waals surface area contributed by atoms with Gasteiger partial charge in [-0.05, 0) is 42.0 Å². The minimum Gasteiger partial charge on any atom is -0.435 e. The molecule has 2 amide bonds. The number of alkyl halides is 2. The van der Waals surface area contributed by atoms with Crippen LogP contribution in [-0.2, 0) is 11.3 Å². The highest BCUT2D eigenvalue weighted by Crippen LogP contribution is 2.14. The van der Waals surface area contributed by atoms with E-state index in [1.807, 2.05) is 0 Å². The van der Waals surface area contributed by atoms with Crippen LogP contribution in [0, 0.1) is 0 Å². The third-order valence-electron chi connectivity index (χ3n) is 3.38. The molecule has 0 unspecified atom stereocenters. The van der Waals surface area contributed by atoms with Gasteiger partial charge >= 0.3 is 6.61 Å². The molecule has 138 valence electrons. The van der Waals surface area contributed by atoms with Gasteiger partial charge in [0, 0.05) is 30.1 Å². The van der Waals surface area contributed by atoms with Gasteiger partial charge in [-0.15, -0.1) is 0 Å². The summed E-state index contributed by atoms with van der Waals surface area (Å²) in [6.45, 7) is -2.43. The van der Waals surface area contributed by atoms with Crippen LogP contribution in [0.4, 0.5) is 8.78 Å². The SMILES string of the molecule is O=C(CCNC(=O)c1ccc(Cl)cc1)NCc1ccc(OC(F)F)cc1. The number of carbonyl (C=O) groups is 2. The summed E-state index contributed by atoms with van der Waals surface area (Å²) in [4.78, 5) is 23.7. The molecule has 0 saturated carbocycles. The summed E-state index contributed by atoms with van der Waals surface area (Å²) in [5.74, 6) is -0.474. The second-order valence-electron chi connectivity index (χ2n) is 5.31. The zero-order valence-corrected chi connectivity index (χ0v) is 14.4. The summed E-state index contributed by atoms with van der Waals surface area (Å²) in [5, 5.41) is 5.86. The van der Waals surface area contributed by atoms with Gasteiger partial charge < -0.3 is 15.4 Å². The summed E-state index contributed by atoms with van der Waals surface area (Å²) in [6, 6.07) is 12.4. The standard InChI is InChI=1S/C18H17ClF2N2O3/c19-14-5-3-13(4-6-14)17(25)22-10-9-16(24)23-11-12-1-7-15(8-2-12)26-18(20)21/h1-8,18H,9-11H2,(H,22,25)(H,23,24). The number of hydrogen-bond acceptors (Lipinski definition) is 3. The smallest absolute Gasteiger partial charge is 0.387 e. The van der Waals surface area contributed by atoms with E-state index in [-0.39, 0.29) is 37.1 Å². The first-order valence-corrected chi connectivity index (χ1v) is 8.16. The minimum absolute atomic E-state index is 0.0555. The first-order chi connectivity index (χ1) is 12.4. The maximum Gasteiger partial charge on any atom is 0.387 e. The molecule has 0 aliphatic carbocycles. The monoisotopic (exact) mass is 382 g/mol. The molecule has 8 heteroatoms. The lowest BCUT2D eigenvalue weighted by atomic mass is 10.2. The molecule has 2 rings (SSSR count). The fourth-order valence-corrected chi connectivity index (χ4v) is 2.20. The number of ether oxygens (including phenoxy) is 1. The molecular formula is C18H17ClF2N2O3. The van der Waals surface area contributed by atoms with Crippen LogP contribution in [-0.4, -0.2) is 25.0 Å². The molecule has 26 heavy (non-hydrogen) atoms. The maximum atomic E-state index is 12.1. The Morgan fingerprint density at radius 3 is 2.27 bits per heavy atom. The molecule has 2 aromatic rings. The van der Waals surface area contributed by atoms with Crippen molar-refractivity contribution >= 4 is 23.4 Å². The van der Waals surface area contributed by atoms with Crippen molar-refractivity contribution in [2.75, 3.05) is 6.54 Å². The van der Waals surface area contributed by atoms with E-state index in [1.165, 1.54) is 12.1 Å². The topological polar surface area (TPSA) is 67.4 Å². The van der Waals surface area contributed by atoms with Gasteiger partial charge in [0.2, 0.25) is 5.91 Å². The largest absolute Gasteiger partial charge is 0.435 e. The highest BCUT2D eigenvalue weighted by Gasteiger charge is 2.07. The fourth-order valence-electron chi connectivity index (χ4n) is 2.07. The van der Waals surface area contributed by atoms with Crippen molar-refractivity contribution < 1.29 is 23.1 Å². The molecule has 0 fully saturated rings. The molecular weight excluding hydrogens is 366 g/mol. The first kappa shape index (κ1) is 19.7. The minimum atomic E-state index is -2.87. The second-order valence-corrected chi connectivity index (χ2v) is 5.75. The van der Waals surface area contributed by atoms with Crippen molar-refractivity contribution in [2.24, 2.45) is 0 Å². The summed E-state index contributed by atoms with van der Waals surface area (Å²) in [7, 11) is 0. The summed E-state index contributed by atoms with van der Waals surface area (Å²) in [6.07, 6.45) is 0.117. The van der Waals surface area contributed by atoms with Gasteiger partial charge in [0.1, 0.15) is 5.75 Å². The van der Waals surface area contributed by atoms with Gasteiger partial charge in [-0.2, -0.15) is 8.78 Å². The Bertz CT molecular complexity index is 737. The molecule has 5 nitrogen and oxygen atoms in total. The summed E-state index contributed by atoms with van der Waals surface area (Å²) >= 11 is 5.75. The van der Waals surface area contributed by atoms with E-state index in [4.69, 9.17) is 11.6 Å². The zero-order chi connectivity index (χ0) is 18.9. The molecule has 2 N–H and O–H groups in total. The Balaban J connectivity index is 1.68. The number of carbonyl (C=O) groups excluding carboxylic acids is 2. The van der Waals surface area contributed by atoms with Crippen LogP contribution in [0.3, 0.4) is 0 Å². The van der Waals surface area contributed by atoms with Crippen LogP contribution in [0.1, 0.15) is 22.3 Å². The summed E-state index contributed by atoms with van der Waals surface area (Å²) in [5.41, 5.74) is 1.20. The van der Waals surface area contributed by atoms with Crippen molar-refractivity contribution in [3.05, 3.63) is 64.7 Å². The molecule has 0 saturated heterocycles. The lowest BCUT2D eigenvalue weighted by Crippen LogP contribution is -2.30. The van der Waals surface area contributed by atoms with E-state index in [2.05, 4.69) is 15.4 Å². The van der Waals surface area contributed by atoms with Crippen LogP contribution >= 0.6 is 11.6 Å². The molecule has 0 bridgehead atoms. The maximum absolute atomic E-state index is 12.1. The zero-order valence-electron chi connectivity index (χ0n) is 13.7. The predicted molar refractivity (Wildman–Crippen MR) is 93.3 cm³/mol. The average Bonchev–Trinajstić information content (AvgIpc) is 2.61. The summed E-state index contributed by atoms with van der Waals surface area (Å²) < 4.78 is 28.4. The van der Waals surface area contributed by atoms with E-state index in [1.54, 1.807) is 36.4 Å². The van der Waals surface area contributed by atoms with Crippen LogP contribution in [0.15, 0.2) is 48.5 Å². The highest BCUT2D eigenvalue weighted by atomic mass is 35.5. The van der Waals surface area contributed by atoms with Gasteiger partial charge in [-0.1, -0.05) is 23.7 Å². The van der Waals surface area contributed by atoms with Gasteiger partial charge in [-0.25, -0.2) is 0 Å². The highest BCUT2D eigenvalue weighted by molar-refractivity contribution is 6.30. The molecule has 0 aromatic heterocycles. The van der Waals surface area contributed by atoms with Crippen molar-refractivity contribution in [3.8, 4) is 5.75 Å². The molecule has 0 aliphatic rings. The van der Waals surface area contributed by atoms with Crippen molar-refractivity contribution in [1.29, 1.82) is 0 Å².